The molecule has 0 atom stereocenters. The van der Waals surface area contributed by atoms with Crippen molar-refractivity contribution in [3.63, 3.8) is 0 Å². The van der Waals surface area contributed by atoms with Crippen LogP contribution < -0.4 is 10.9 Å². The molecule has 0 bridgehead atoms. The smallest absolute Gasteiger partial charge is 0.328 e. The van der Waals surface area contributed by atoms with Gasteiger partial charge in [0.1, 0.15) is 0 Å². The number of carboxylic acids is 1. The molecule has 0 saturated heterocycles. The number of hydrogen-bond donors (Lipinski definition) is 3. The summed E-state index contributed by atoms with van der Waals surface area (Å²) >= 11 is 0. The van der Waals surface area contributed by atoms with Crippen LogP contribution in [0.3, 0.4) is 0 Å². The average Bonchev–Trinajstić information content (AvgIpc) is 2.45. The van der Waals surface area contributed by atoms with Crippen LogP contribution in [0.5, 0.6) is 0 Å². The molecule has 0 radical (unpaired) electrons. The van der Waals surface area contributed by atoms with Gasteiger partial charge in [-0.1, -0.05) is 31.8 Å². The maximum Gasteiger partial charge on any atom is 0.328 e. The zero-order valence-electron chi connectivity index (χ0n) is 12.3. The lowest BCUT2D eigenvalue weighted by molar-refractivity contribution is -0.131. The molecule has 0 spiro atoms. The summed E-state index contributed by atoms with van der Waals surface area (Å²) < 4.78 is 0. The summed E-state index contributed by atoms with van der Waals surface area (Å²) in [5, 5.41) is 8.32. The van der Waals surface area contributed by atoms with Crippen molar-refractivity contribution < 1.29 is 19.5 Å². The van der Waals surface area contributed by atoms with Crippen molar-refractivity contribution in [3.8, 4) is 0 Å². The van der Waals surface area contributed by atoms with Crippen LogP contribution in [0.1, 0.15) is 51.4 Å². The lowest BCUT2D eigenvalue weighted by Gasteiger charge is -2.05. The summed E-state index contributed by atoms with van der Waals surface area (Å²) in [6.45, 7) is 3.67. The minimum Gasteiger partial charge on any atom is -0.478 e. The molecule has 6 heteroatoms. The van der Waals surface area contributed by atoms with Gasteiger partial charge in [0.2, 0.25) is 5.91 Å². The number of amides is 2. The van der Waals surface area contributed by atoms with Gasteiger partial charge in [-0.2, -0.15) is 0 Å². The topological polar surface area (TPSA) is 95.5 Å². The first kappa shape index (κ1) is 18.9. The van der Waals surface area contributed by atoms with Gasteiger partial charge in [0, 0.05) is 18.6 Å². The fourth-order valence-electron chi connectivity index (χ4n) is 1.66. The van der Waals surface area contributed by atoms with Crippen LogP contribution in [0.25, 0.3) is 0 Å². The first-order valence-corrected chi connectivity index (χ1v) is 7.17. The average molecular weight is 296 g/mol. The fourth-order valence-corrected chi connectivity index (χ4v) is 1.66. The number of hydrazine groups is 1. The van der Waals surface area contributed by atoms with E-state index < -0.39 is 11.9 Å². The molecule has 0 rings (SSSR count). The standard InChI is InChI=1S/C15H24N2O4/c1-2-3-4-5-6-7-8-9-10-13(18)16-17-14(19)11-12-15(20)21/h2,11-12H,1,3-10H2,(H,16,18)(H,17,19)(H,20,21). The summed E-state index contributed by atoms with van der Waals surface area (Å²) in [5.74, 6) is -2.17. The molecule has 0 fully saturated rings. The normalized spacial score (nSPS) is 10.3. The lowest BCUT2D eigenvalue weighted by Crippen LogP contribution is -2.40. The molecule has 3 N–H and O–H groups in total. The van der Waals surface area contributed by atoms with E-state index in [1.54, 1.807) is 0 Å². The highest BCUT2D eigenvalue weighted by Crippen LogP contribution is 2.08. The van der Waals surface area contributed by atoms with E-state index in [9.17, 15) is 14.4 Å². The lowest BCUT2D eigenvalue weighted by atomic mass is 10.1. The third-order valence-electron chi connectivity index (χ3n) is 2.76. The Kier molecular flexibility index (Phi) is 11.6. The van der Waals surface area contributed by atoms with E-state index >= 15 is 0 Å². The monoisotopic (exact) mass is 296 g/mol. The number of rotatable bonds is 11. The Morgan fingerprint density at radius 2 is 1.52 bits per heavy atom. The number of aliphatic carboxylic acids is 1. The number of nitrogens with one attached hydrogen (secondary N) is 2. The molecule has 0 aliphatic rings. The molecular formula is C15H24N2O4. The summed E-state index contributed by atoms with van der Waals surface area (Å²) in [6.07, 6.45) is 11.2. The predicted molar refractivity (Wildman–Crippen MR) is 80.2 cm³/mol. The summed E-state index contributed by atoms with van der Waals surface area (Å²) in [4.78, 5) is 32.6. The third kappa shape index (κ3) is 14.1. The molecule has 118 valence electrons. The highest BCUT2D eigenvalue weighted by Gasteiger charge is 2.02. The molecule has 0 aromatic heterocycles. The molecule has 0 aliphatic carbocycles. The first-order valence-electron chi connectivity index (χ1n) is 7.17. The van der Waals surface area contributed by atoms with Crippen molar-refractivity contribution >= 4 is 17.8 Å². The number of carbonyl (C=O) groups is 3. The van der Waals surface area contributed by atoms with Crippen LogP contribution in [-0.4, -0.2) is 22.9 Å². The number of carboxylic acid groups (broad SMARTS) is 1. The van der Waals surface area contributed by atoms with Gasteiger partial charge in [0.15, 0.2) is 0 Å². The second-order valence-electron chi connectivity index (χ2n) is 4.66. The number of unbranched alkanes of at least 4 members (excludes halogenated alkanes) is 6. The van der Waals surface area contributed by atoms with Crippen molar-refractivity contribution in [3.05, 3.63) is 24.8 Å². The second kappa shape index (κ2) is 12.9. The summed E-state index contributed by atoms with van der Waals surface area (Å²) in [5.41, 5.74) is 4.35. The Hall–Kier alpha value is -2.11. The SMILES string of the molecule is C=CCCCCCCCCC(=O)NNC(=O)C=CC(=O)O. The summed E-state index contributed by atoms with van der Waals surface area (Å²) in [7, 11) is 0. The van der Waals surface area contributed by atoms with E-state index in [0.717, 1.165) is 38.2 Å². The van der Waals surface area contributed by atoms with Crippen molar-refractivity contribution in [2.45, 2.75) is 51.4 Å². The molecule has 21 heavy (non-hydrogen) atoms. The van der Waals surface area contributed by atoms with E-state index in [1.807, 2.05) is 6.08 Å². The fraction of sp³-hybridized carbons (Fsp3) is 0.533. The van der Waals surface area contributed by atoms with E-state index in [-0.39, 0.29) is 5.91 Å². The summed E-state index contributed by atoms with van der Waals surface area (Å²) in [6, 6.07) is 0. The van der Waals surface area contributed by atoms with Gasteiger partial charge >= 0.3 is 5.97 Å². The number of hydrogen-bond acceptors (Lipinski definition) is 3. The van der Waals surface area contributed by atoms with Gasteiger partial charge in [0.05, 0.1) is 0 Å². The number of carbonyl (C=O) groups excluding carboxylic acids is 2. The molecule has 0 aromatic carbocycles. The molecule has 0 heterocycles. The maximum atomic E-state index is 11.4. The van der Waals surface area contributed by atoms with Crippen LogP contribution in [0, 0.1) is 0 Å². The largest absolute Gasteiger partial charge is 0.478 e. The van der Waals surface area contributed by atoms with E-state index in [4.69, 9.17) is 5.11 Å². The Labute approximate surface area is 125 Å². The van der Waals surface area contributed by atoms with Crippen molar-refractivity contribution in [1.29, 1.82) is 0 Å². The Morgan fingerprint density at radius 3 is 2.14 bits per heavy atom. The van der Waals surface area contributed by atoms with E-state index in [2.05, 4.69) is 17.4 Å². The van der Waals surface area contributed by atoms with Crippen molar-refractivity contribution in [2.75, 3.05) is 0 Å². The van der Waals surface area contributed by atoms with Crippen LogP contribution in [-0.2, 0) is 14.4 Å². The Balaban J connectivity index is 3.48. The van der Waals surface area contributed by atoms with Crippen molar-refractivity contribution in [1.82, 2.24) is 10.9 Å². The maximum absolute atomic E-state index is 11.4. The Bertz CT molecular complexity index is 378. The predicted octanol–water partition coefficient (Wildman–Crippen LogP) is 2.08. The highest BCUT2D eigenvalue weighted by molar-refractivity contribution is 5.94. The van der Waals surface area contributed by atoms with Crippen LogP contribution in [0.15, 0.2) is 24.8 Å². The molecule has 2 amide bonds. The van der Waals surface area contributed by atoms with Crippen LogP contribution in [0.2, 0.25) is 0 Å². The molecule has 0 unspecified atom stereocenters. The molecule has 0 aliphatic heterocycles. The highest BCUT2D eigenvalue weighted by atomic mass is 16.4. The van der Waals surface area contributed by atoms with Gasteiger partial charge in [-0.25, -0.2) is 4.79 Å². The number of allylic oxidation sites excluding steroid dienone is 1. The first-order chi connectivity index (χ1) is 10.1. The van der Waals surface area contributed by atoms with Gasteiger partial charge in [0.25, 0.3) is 5.91 Å². The zero-order valence-corrected chi connectivity index (χ0v) is 12.3. The van der Waals surface area contributed by atoms with Crippen LogP contribution in [0.4, 0.5) is 0 Å². The van der Waals surface area contributed by atoms with Gasteiger partial charge in [-0.15, -0.1) is 6.58 Å². The minimum atomic E-state index is -1.22. The third-order valence-corrected chi connectivity index (χ3v) is 2.76. The quantitative estimate of drug-likeness (QED) is 0.235. The molecule has 6 nitrogen and oxygen atoms in total. The second-order valence-corrected chi connectivity index (χ2v) is 4.66. The van der Waals surface area contributed by atoms with Crippen LogP contribution >= 0.6 is 0 Å². The van der Waals surface area contributed by atoms with Gasteiger partial charge in [-0.05, 0) is 19.3 Å². The molecule has 0 saturated carbocycles. The van der Waals surface area contributed by atoms with Gasteiger partial charge < -0.3 is 5.11 Å². The minimum absolute atomic E-state index is 0.279. The molecule has 0 aromatic rings. The Morgan fingerprint density at radius 1 is 0.905 bits per heavy atom. The van der Waals surface area contributed by atoms with Gasteiger partial charge in [-0.3, -0.25) is 20.4 Å². The van der Waals surface area contributed by atoms with E-state index in [0.29, 0.717) is 12.5 Å². The molecular weight excluding hydrogens is 272 g/mol. The van der Waals surface area contributed by atoms with Crippen molar-refractivity contribution in [2.24, 2.45) is 0 Å². The van der Waals surface area contributed by atoms with E-state index in [1.165, 1.54) is 12.8 Å². The zero-order chi connectivity index (χ0) is 15.9.